The minimum Gasteiger partial charge on any atom is -0.487 e. The molecule has 1 heterocycles. The van der Waals surface area contributed by atoms with Gasteiger partial charge < -0.3 is 9.47 Å². The molecule has 44 heavy (non-hydrogen) atoms. The van der Waals surface area contributed by atoms with Crippen molar-refractivity contribution >= 4 is 5.97 Å². The molecule has 0 bridgehead atoms. The second kappa shape index (κ2) is 17.8. The summed E-state index contributed by atoms with van der Waals surface area (Å²) < 4.78 is 54.8. The van der Waals surface area contributed by atoms with Crippen molar-refractivity contribution in [3.63, 3.8) is 0 Å². The maximum absolute atomic E-state index is 15.0. The highest BCUT2D eigenvalue weighted by Gasteiger charge is 2.34. The molecule has 0 aliphatic rings. The Hall–Kier alpha value is -3.42. The lowest BCUT2D eigenvalue weighted by Crippen LogP contribution is -2.34. The molecule has 240 valence electrons. The van der Waals surface area contributed by atoms with Crippen LogP contribution in [-0.4, -0.2) is 40.1 Å². The van der Waals surface area contributed by atoms with Crippen LogP contribution >= 0.6 is 0 Å². The van der Waals surface area contributed by atoms with E-state index in [0.29, 0.717) is 30.0 Å². The Kier molecular flexibility index (Phi) is 14.2. The van der Waals surface area contributed by atoms with Gasteiger partial charge in [-0.1, -0.05) is 83.1 Å². The summed E-state index contributed by atoms with van der Waals surface area (Å²) >= 11 is 0. The van der Waals surface area contributed by atoms with Gasteiger partial charge in [0.1, 0.15) is 23.8 Å². The van der Waals surface area contributed by atoms with Crippen LogP contribution in [-0.2, 0) is 4.79 Å². The fraction of sp³-hybridized carbons (Fsp3) is 0.528. The van der Waals surface area contributed by atoms with E-state index in [1.807, 2.05) is 13.0 Å². The molecule has 0 aliphatic heterocycles. The molecule has 5 nitrogen and oxygen atoms in total. The van der Waals surface area contributed by atoms with Crippen LogP contribution in [0.5, 0.6) is 11.5 Å². The Labute approximate surface area is 260 Å². The lowest BCUT2D eigenvalue weighted by molar-refractivity contribution is -0.147. The summed E-state index contributed by atoms with van der Waals surface area (Å²) in [5.74, 6) is 0.151. The number of carbonyl (C=O) groups excluding carboxylic acids is 1. The van der Waals surface area contributed by atoms with Crippen molar-refractivity contribution in [2.75, 3.05) is 0 Å². The van der Waals surface area contributed by atoms with E-state index in [9.17, 15) is 13.6 Å². The van der Waals surface area contributed by atoms with E-state index >= 15 is 4.39 Å². The summed E-state index contributed by atoms with van der Waals surface area (Å²) in [6.45, 7) is 6.65. The molecule has 0 radical (unpaired) electrons. The Bertz CT molecular complexity index is 1270. The Morgan fingerprint density at radius 1 is 0.841 bits per heavy atom. The molecule has 0 N–H and O–H groups in total. The summed E-state index contributed by atoms with van der Waals surface area (Å²) in [7, 11) is 0. The lowest BCUT2D eigenvalue weighted by Gasteiger charge is -2.24. The summed E-state index contributed by atoms with van der Waals surface area (Å²) in [5.41, 5.74) is 0.0306. The average molecular weight is 613 g/mol. The van der Waals surface area contributed by atoms with Gasteiger partial charge in [0.2, 0.25) is 5.67 Å². The first kappa shape index (κ1) is 35.1. The quantitative estimate of drug-likeness (QED) is 0.0766. The van der Waals surface area contributed by atoms with Gasteiger partial charge in [0.05, 0.1) is 5.56 Å². The van der Waals surface area contributed by atoms with Crippen LogP contribution in [0.25, 0.3) is 22.5 Å². The number of unbranched alkanes of at least 4 members (excludes halogenated alkanes) is 7. The number of hydrogen-bond donors (Lipinski definition) is 0. The number of rotatable bonds is 19. The monoisotopic (exact) mass is 612 g/mol. The van der Waals surface area contributed by atoms with Gasteiger partial charge in [0.25, 0.3) is 0 Å². The molecule has 4 atom stereocenters. The molecule has 3 aromatic rings. The van der Waals surface area contributed by atoms with Crippen molar-refractivity contribution in [1.29, 1.82) is 0 Å². The maximum Gasteiger partial charge on any atom is 0.348 e. The van der Waals surface area contributed by atoms with Crippen molar-refractivity contribution in [3.8, 4) is 34.0 Å². The minimum absolute atomic E-state index is 0.137. The fourth-order valence-corrected chi connectivity index (χ4v) is 4.96. The number of benzene rings is 2. The third-order valence-electron chi connectivity index (χ3n) is 7.77. The predicted molar refractivity (Wildman–Crippen MR) is 170 cm³/mol. The van der Waals surface area contributed by atoms with Crippen molar-refractivity contribution in [2.45, 2.75) is 122 Å². The highest BCUT2D eigenvalue weighted by Crippen LogP contribution is 2.32. The van der Waals surface area contributed by atoms with Crippen molar-refractivity contribution < 1.29 is 27.4 Å². The number of alkyl halides is 3. The van der Waals surface area contributed by atoms with Gasteiger partial charge >= 0.3 is 5.97 Å². The first-order valence-corrected chi connectivity index (χ1v) is 16.0. The van der Waals surface area contributed by atoms with Gasteiger partial charge in [-0.3, -0.25) is 0 Å². The number of esters is 1. The normalized spacial score (nSPS) is 14.8. The van der Waals surface area contributed by atoms with E-state index < -0.39 is 30.1 Å². The van der Waals surface area contributed by atoms with Gasteiger partial charge in [-0.25, -0.2) is 27.9 Å². The standard InChI is InChI=1S/C36H47F3N2O3/c1-5-7-9-10-11-12-15-23-36(4,39)35(42)43-29-21-19-27(20-22-29)28-24-40-34(41-25-28)30-16-13-14-18-31(30)44-32(17-8-6-2)33(38)26(3)37/h13-14,16,18-22,24-26,32-33H,5-12,15,17,23H2,1-4H3. The molecule has 0 spiro atoms. The van der Waals surface area contributed by atoms with Crippen molar-refractivity contribution in [3.05, 3.63) is 60.9 Å². The topological polar surface area (TPSA) is 61.3 Å². The van der Waals surface area contributed by atoms with E-state index in [1.165, 1.54) is 33.1 Å². The number of aromatic nitrogens is 2. The number of para-hydroxylation sites is 1. The highest BCUT2D eigenvalue weighted by molar-refractivity contribution is 5.81. The molecule has 1 aromatic heterocycles. The van der Waals surface area contributed by atoms with E-state index in [1.54, 1.807) is 54.9 Å². The van der Waals surface area contributed by atoms with Gasteiger partial charge in [-0.15, -0.1) is 0 Å². The van der Waals surface area contributed by atoms with Crippen LogP contribution < -0.4 is 9.47 Å². The zero-order valence-corrected chi connectivity index (χ0v) is 26.5. The molecule has 8 heteroatoms. The third-order valence-corrected chi connectivity index (χ3v) is 7.77. The van der Waals surface area contributed by atoms with Crippen molar-refractivity contribution in [2.24, 2.45) is 0 Å². The molecular weight excluding hydrogens is 565 g/mol. The van der Waals surface area contributed by atoms with Gasteiger partial charge in [0, 0.05) is 18.0 Å². The number of nitrogens with zero attached hydrogens (tertiary/aromatic N) is 2. The largest absolute Gasteiger partial charge is 0.487 e. The molecule has 0 fully saturated rings. The van der Waals surface area contributed by atoms with Crippen LogP contribution in [0.3, 0.4) is 0 Å². The average Bonchev–Trinajstić information content (AvgIpc) is 3.03. The Morgan fingerprint density at radius 3 is 2.09 bits per heavy atom. The number of halogens is 3. The first-order chi connectivity index (χ1) is 21.2. The summed E-state index contributed by atoms with van der Waals surface area (Å²) in [5, 5.41) is 0. The Morgan fingerprint density at radius 2 is 1.45 bits per heavy atom. The van der Waals surface area contributed by atoms with Gasteiger partial charge in [-0.05, 0) is 69.4 Å². The van der Waals surface area contributed by atoms with Crippen LogP contribution in [0.15, 0.2) is 60.9 Å². The van der Waals surface area contributed by atoms with Crippen LogP contribution in [0.4, 0.5) is 13.2 Å². The van der Waals surface area contributed by atoms with E-state index in [0.717, 1.165) is 43.2 Å². The molecular formula is C36H47F3N2O3. The minimum atomic E-state index is -2.04. The summed E-state index contributed by atoms with van der Waals surface area (Å²) in [6, 6.07) is 13.8. The second-order valence-corrected chi connectivity index (χ2v) is 11.7. The van der Waals surface area contributed by atoms with E-state index in [2.05, 4.69) is 16.9 Å². The van der Waals surface area contributed by atoms with Gasteiger partial charge in [-0.2, -0.15) is 0 Å². The zero-order chi connectivity index (χ0) is 32.0. The van der Waals surface area contributed by atoms with E-state index in [-0.39, 0.29) is 12.2 Å². The van der Waals surface area contributed by atoms with Crippen LogP contribution in [0, 0.1) is 0 Å². The third kappa shape index (κ3) is 10.6. The molecule has 3 rings (SSSR count). The van der Waals surface area contributed by atoms with Crippen molar-refractivity contribution in [1.82, 2.24) is 9.97 Å². The molecule has 0 aliphatic carbocycles. The highest BCUT2D eigenvalue weighted by atomic mass is 19.2. The molecule has 0 amide bonds. The van der Waals surface area contributed by atoms with Crippen LogP contribution in [0.1, 0.15) is 98.3 Å². The molecule has 0 saturated heterocycles. The van der Waals surface area contributed by atoms with E-state index in [4.69, 9.17) is 9.47 Å². The Balaban J connectivity index is 1.62. The fourth-order valence-electron chi connectivity index (χ4n) is 4.96. The maximum atomic E-state index is 15.0. The summed E-state index contributed by atoms with van der Waals surface area (Å²) in [6.07, 6.45) is 8.44. The number of hydrogen-bond acceptors (Lipinski definition) is 5. The van der Waals surface area contributed by atoms with Crippen LogP contribution in [0.2, 0.25) is 0 Å². The first-order valence-electron chi connectivity index (χ1n) is 16.0. The number of ether oxygens (including phenoxy) is 2. The number of carbonyl (C=O) groups is 1. The molecule has 0 saturated carbocycles. The predicted octanol–water partition coefficient (Wildman–Crippen LogP) is 10.2. The zero-order valence-electron chi connectivity index (χ0n) is 26.5. The summed E-state index contributed by atoms with van der Waals surface area (Å²) in [4.78, 5) is 21.5. The smallest absolute Gasteiger partial charge is 0.348 e. The molecule has 2 aromatic carbocycles. The lowest BCUT2D eigenvalue weighted by atomic mass is 9.99. The molecule has 4 unspecified atom stereocenters. The SMILES string of the molecule is CCCCCCCCCC(C)(F)C(=O)Oc1ccc(-c2cnc(-c3ccccc3OC(CCCC)C(F)C(C)F)nc2)cc1. The van der Waals surface area contributed by atoms with Gasteiger partial charge in [0.15, 0.2) is 12.0 Å². The second-order valence-electron chi connectivity index (χ2n) is 11.7.